The van der Waals surface area contributed by atoms with E-state index in [1.54, 1.807) is 0 Å². The molecule has 1 saturated heterocycles. The smallest absolute Gasteiger partial charge is 0.251 e. The Hall–Kier alpha value is -2.29. The summed E-state index contributed by atoms with van der Waals surface area (Å²) in [6.07, 6.45) is 1.13. The van der Waals surface area contributed by atoms with Crippen molar-refractivity contribution in [3.8, 4) is 0 Å². The predicted octanol–water partition coefficient (Wildman–Crippen LogP) is 3.56. The SMILES string of the molecule is Cc1ccc(C(=O)NCC2CCN(c3cccc(C)c3)C2)cc1. The van der Waals surface area contributed by atoms with E-state index in [2.05, 4.69) is 41.4 Å². The van der Waals surface area contributed by atoms with Crippen LogP contribution in [0.25, 0.3) is 0 Å². The number of hydrogen-bond donors (Lipinski definition) is 1. The summed E-state index contributed by atoms with van der Waals surface area (Å²) in [5, 5.41) is 3.08. The van der Waals surface area contributed by atoms with Crippen LogP contribution in [0, 0.1) is 19.8 Å². The third-order valence-electron chi connectivity index (χ3n) is 4.52. The summed E-state index contributed by atoms with van der Waals surface area (Å²) in [6.45, 7) is 6.97. The molecule has 1 aliphatic heterocycles. The highest BCUT2D eigenvalue weighted by molar-refractivity contribution is 5.94. The van der Waals surface area contributed by atoms with Crippen LogP contribution in [0.5, 0.6) is 0 Å². The lowest BCUT2D eigenvalue weighted by molar-refractivity contribution is 0.0948. The third-order valence-corrected chi connectivity index (χ3v) is 4.52. The van der Waals surface area contributed by atoms with E-state index in [-0.39, 0.29) is 5.91 Å². The number of nitrogens with zero attached hydrogens (tertiary/aromatic N) is 1. The first-order chi connectivity index (χ1) is 11.1. The van der Waals surface area contributed by atoms with E-state index >= 15 is 0 Å². The fourth-order valence-corrected chi connectivity index (χ4v) is 3.10. The number of aryl methyl sites for hydroxylation is 2. The highest BCUT2D eigenvalue weighted by Crippen LogP contribution is 2.24. The second kappa shape index (κ2) is 6.86. The number of rotatable bonds is 4. The predicted molar refractivity (Wildman–Crippen MR) is 95.0 cm³/mol. The van der Waals surface area contributed by atoms with Crippen molar-refractivity contribution in [2.24, 2.45) is 5.92 Å². The van der Waals surface area contributed by atoms with E-state index in [0.29, 0.717) is 5.92 Å². The van der Waals surface area contributed by atoms with Crippen molar-refractivity contribution < 1.29 is 4.79 Å². The van der Waals surface area contributed by atoms with Crippen LogP contribution in [0.3, 0.4) is 0 Å². The van der Waals surface area contributed by atoms with Crippen molar-refractivity contribution in [1.82, 2.24) is 5.32 Å². The fourth-order valence-electron chi connectivity index (χ4n) is 3.10. The zero-order valence-corrected chi connectivity index (χ0v) is 13.9. The van der Waals surface area contributed by atoms with Gasteiger partial charge in [-0.2, -0.15) is 0 Å². The Kier molecular flexibility index (Phi) is 4.65. The first-order valence-corrected chi connectivity index (χ1v) is 8.28. The molecule has 23 heavy (non-hydrogen) atoms. The van der Waals surface area contributed by atoms with Gasteiger partial charge in [-0.1, -0.05) is 29.8 Å². The molecule has 3 heteroatoms. The second-order valence-corrected chi connectivity index (χ2v) is 6.52. The van der Waals surface area contributed by atoms with Crippen molar-refractivity contribution in [2.75, 3.05) is 24.5 Å². The molecule has 0 aromatic heterocycles. The summed E-state index contributed by atoms with van der Waals surface area (Å²) < 4.78 is 0. The van der Waals surface area contributed by atoms with E-state index in [0.717, 1.165) is 31.6 Å². The zero-order valence-electron chi connectivity index (χ0n) is 13.9. The molecule has 1 unspecified atom stereocenters. The van der Waals surface area contributed by atoms with Gasteiger partial charge in [-0.3, -0.25) is 4.79 Å². The molecule has 0 bridgehead atoms. The standard InChI is InChI=1S/C20H24N2O/c1-15-6-8-18(9-7-15)20(23)21-13-17-10-11-22(14-17)19-5-3-4-16(2)12-19/h3-9,12,17H,10-11,13-14H2,1-2H3,(H,21,23). The minimum absolute atomic E-state index is 0.0269. The minimum atomic E-state index is 0.0269. The van der Waals surface area contributed by atoms with E-state index in [1.807, 2.05) is 31.2 Å². The van der Waals surface area contributed by atoms with Gasteiger partial charge < -0.3 is 10.2 Å². The molecule has 1 fully saturated rings. The molecule has 120 valence electrons. The molecule has 3 nitrogen and oxygen atoms in total. The Balaban J connectivity index is 1.52. The summed E-state index contributed by atoms with van der Waals surface area (Å²) in [5.74, 6) is 0.545. The number of anilines is 1. The fraction of sp³-hybridized carbons (Fsp3) is 0.350. The van der Waals surface area contributed by atoms with Gasteiger partial charge in [0.25, 0.3) is 5.91 Å². The Morgan fingerprint density at radius 2 is 1.91 bits per heavy atom. The maximum absolute atomic E-state index is 12.2. The molecule has 1 amide bonds. The second-order valence-electron chi connectivity index (χ2n) is 6.52. The van der Waals surface area contributed by atoms with Crippen molar-refractivity contribution in [1.29, 1.82) is 0 Å². The monoisotopic (exact) mass is 308 g/mol. The van der Waals surface area contributed by atoms with Crippen LogP contribution in [-0.2, 0) is 0 Å². The number of amides is 1. The molecule has 2 aromatic rings. The number of carbonyl (C=O) groups excluding carboxylic acids is 1. The molecule has 1 atom stereocenters. The van der Waals surface area contributed by atoms with Gasteiger partial charge in [0.15, 0.2) is 0 Å². The van der Waals surface area contributed by atoms with Gasteiger partial charge in [0.2, 0.25) is 0 Å². The summed E-state index contributed by atoms with van der Waals surface area (Å²) in [5.41, 5.74) is 4.49. The Labute approximate surface area is 138 Å². The lowest BCUT2D eigenvalue weighted by Gasteiger charge is -2.19. The van der Waals surface area contributed by atoms with Crippen LogP contribution in [0.15, 0.2) is 48.5 Å². The normalized spacial score (nSPS) is 17.3. The molecule has 0 radical (unpaired) electrons. The van der Waals surface area contributed by atoms with Crippen LogP contribution in [0.1, 0.15) is 27.9 Å². The first kappa shape index (κ1) is 15.6. The number of benzene rings is 2. The average Bonchev–Trinajstić information content (AvgIpc) is 3.02. The van der Waals surface area contributed by atoms with Gasteiger partial charge in [-0.05, 0) is 56.0 Å². The van der Waals surface area contributed by atoms with Crippen molar-refractivity contribution in [2.45, 2.75) is 20.3 Å². The largest absolute Gasteiger partial charge is 0.371 e. The maximum atomic E-state index is 12.2. The molecule has 1 aliphatic rings. The van der Waals surface area contributed by atoms with Crippen LogP contribution < -0.4 is 10.2 Å². The van der Waals surface area contributed by atoms with Crippen molar-refractivity contribution in [3.63, 3.8) is 0 Å². The molecule has 2 aromatic carbocycles. The number of hydrogen-bond acceptors (Lipinski definition) is 2. The van der Waals surface area contributed by atoms with E-state index in [4.69, 9.17) is 0 Å². The third kappa shape index (κ3) is 3.92. The zero-order chi connectivity index (χ0) is 16.2. The molecule has 3 rings (SSSR count). The van der Waals surface area contributed by atoms with Crippen LogP contribution >= 0.6 is 0 Å². The van der Waals surface area contributed by atoms with Crippen LogP contribution in [0.2, 0.25) is 0 Å². The molecule has 0 saturated carbocycles. The molecular weight excluding hydrogens is 284 g/mol. The first-order valence-electron chi connectivity index (χ1n) is 8.28. The topological polar surface area (TPSA) is 32.3 Å². The maximum Gasteiger partial charge on any atom is 0.251 e. The van der Waals surface area contributed by atoms with Gasteiger partial charge in [-0.15, -0.1) is 0 Å². The minimum Gasteiger partial charge on any atom is -0.371 e. The highest BCUT2D eigenvalue weighted by Gasteiger charge is 2.23. The van der Waals surface area contributed by atoms with Crippen LogP contribution in [0.4, 0.5) is 5.69 Å². The van der Waals surface area contributed by atoms with E-state index < -0.39 is 0 Å². The quantitative estimate of drug-likeness (QED) is 0.936. The molecule has 1 heterocycles. The van der Waals surface area contributed by atoms with E-state index in [1.165, 1.54) is 16.8 Å². The number of nitrogens with one attached hydrogen (secondary N) is 1. The lowest BCUT2D eigenvalue weighted by atomic mass is 10.1. The van der Waals surface area contributed by atoms with Gasteiger partial charge >= 0.3 is 0 Å². The highest BCUT2D eigenvalue weighted by atomic mass is 16.1. The molecule has 0 spiro atoms. The van der Waals surface area contributed by atoms with Gasteiger partial charge in [0.1, 0.15) is 0 Å². The molecule has 0 aliphatic carbocycles. The summed E-state index contributed by atoms with van der Waals surface area (Å²) in [4.78, 5) is 14.6. The van der Waals surface area contributed by atoms with Gasteiger partial charge in [-0.25, -0.2) is 0 Å². The Morgan fingerprint density at radius 1 is 1.13 bits per heavy atom. The Morgan fingerprint density at radius 3 is 2.65 bits per heavy atom. The van der Waals surface area contributed by atoms with E-state index in [9.17, 15) is 4.79 Å². The van der Waals surface area contributed by atoms with Crippen LogP contribution in [-0.4, -0.2) is 25.5 Å². The molecule has 1 N–H and O–H groups in total. The average molecular weight is 308 g/mol. The summed E-state index contributed by atoms with van der Waals surface area (Å²) in [6, 6.07) is 16.4. The Bertz CT molecular complexity index is 678. The lowest BCUT2D eigenvalue weighted by Crippen LogP contribution is -2.31. The molecular formula is C20H24N2O. The summed E-state index contributed by atoms with van der Waals surface area (Å²) in [7, 11) is 0. The van der Waals surface area contributed by atoms with Gasteiger partial charge in [0, 0.05) is 30.9 Å². The summed E-state index contributed by atoms with van der Waals surface area (Å²) >= 11 is 0. The van der Waals surface area contributed by atoms with Crippen molar-refractivity contribution in [3.05, 3.63) is 65.2 Å². The number of carbonyl (C=O) groups is 1. The van der Waals surface area contributed by atoms with Gasteiger partial charge in [0.05, 0.1) is 0 Å². The van der Waals surface area contributed by atoms with Crippen molar-refractivity contribution >= 4 is 11.6 Å².